The van der Waals surface area contributed by atoms with Crippen molar-refractivity contribution >= 4 is 34.2 Å². The molecule has 0 spiro atoms. The van der Waals surface area contributed by atoms with E-state index in [1.54, 1.807) is 0 Å². The molecule has 1 unspecified atom stereocenters. The molecule has 1 aromatic carbocycles. The quantitative estimate of drug-likeness (QED) is 0.822. The molecule has 0 saturated heterocycles. The maximum atomic E-state index is 9.99. The van der Waals surface area contributed by atoms with Crippen LogP contribution in [0.25, 0.3) is 0 Å². The van der Waals surface area contributed by atoms with Crippen LogP contribution in [-0.2, 0) is 0 Å². The highest BCUT2D eigenvalue weighted by Gasteiger charge is 2.26. The summed E-state index contributed by atoms with van der Waals surface area (Å²) in [4.78, 5) is 0. The lowest BCUT2D eigenvalue weighted by atomic mass is 9.79. The molecule has 0 aliphatic heterocycles. The van der Waals surface area contributed by atoms with Crippen LogP contribution in [0.2, 0.25) is 5.02 Å². The van der Waals surface area contributed by atoms with E-state index in [0.29, 0.717) is 5.92 Å². The van der Waals surface area contributed by atoms with Crippen molar-refractivity contribution in [1.82, 2.24) is 0 Å². The molecule has 0 aromatic heterocycles. The van der Waals surface area contributed by atoms with E-state index in [1.807, 2.05) is 18.2 Å². The van der Waals surface area contributed by atoms with Gasteiger partial charge < -0.3 is 5.11 Å². The molecule has 1 nitrogen and oxygen atoms in total. The lowest BCUT2D eigenvalue weighted by molar-refractivity contribution is 0.0621. The zero-order chi connectivity index (χ0) is 10.1. The fraction of sp³-hybridized carbons (Fsp3) is 0.455. The number of hydrogen-bond donors (Lipinski definition) is 1. The van der Waals surface area contributed by atoms with Crippen LogP contribution >= 0.6 is 34.2 Å². The molecule has 1 fully saturated rings. The minimum Gasteiger partial charge on any atom is -0.388 e. The predicted molar refractivity (Wildman–Crippen MR) is 66.5 cm³/mol. The molecule has 1 aliphatic rings. The van der Waals surface area contributed by atoms with Crippen molar-refractivity contribution in [2.45, 2.75) is 25.4 Å². The van der Waals surface area contributed by atoms with Gasteiger partial charge in [-0.05, 0) is 59.0 Å². The van der Waals surface area contributed by atoms with Crippen LogP contribution in [0.15, 0.2) is 18.2 Å². The molecule has 1 aliphatic carbocycles. The van der Waals surface area contributed by atoms with E-state index in [1.165, 1.54) is 6.42 Å². The fourth-order valence-electron chi connectivity index (χ4n) is 1.72. The number of halogens is 2. The normalized spacial score (nSPS) is 19.1. The molecule has 14 heavy (non-hydrogen) atoms. The molecule has 1 aromatic rings. The SMILES string of the molecule is OC(c1ccc(I)c(Cl)c1)C1CCC1. The van der Waals surface area contributed by atoms with Crippen molar-refractivity contribution in [3.63, 3.8) is 0 Å². The summed E-state index contributed by atoms with van der Waals surface area (Å²) < 4.78 is 1.04. The smallest absolute Gasteiger partial charge is 0.0818 e. The summed E-state index contributed by atoms with van der Waals surface area (Å²) in [5.74, 6) is 0.450. The standard InChI is InChI=1S/C11H12ClIO/c12-9-6-8(4-5-10(9)13)11(14)7-2-1-3-7/h4-7,11,14H,1-3H2. The van der Waals surface area contributed by atoms with E-state index in [0.717, 1.165) is 27.0 Å². The summed E-state index contributed by atoms with van der Waals surface area (Å²) in [6.45, 7) is 0. The van der Waals surface area contributed by atoms with Gasteiger partial charge >= 0.3 is 0 Å². The Morgan fingerprint density at radius 1 is 1.43 bits per heavy atom. The van der Waals surface area contributed by atoms with Crippen molar-refractivity contribution in [3.05, 3.63) is 32.4 Å². The predicted octanol–water partition coefficient (Wildman–Crippen LogP) is 3.78. The van der Waals surface area contributed by atoms with E-state index in [2.05, 4.69) is 22.6 Å². The Morgan fingerprint density at radius 2 is 2.14 bits per heavy atom. The maximum Gasteiger partial charge on any atom is 0.0818 e. The highest BCUT2D eigenvalue weighted by atomic mass is 127. The van der Waals surface area contributed by atoms with E-state index >= 15 is 0 Å². The van der Waals surface area contributed by atoms with Crippen molar-refractivity contribution in [2.24, 2.45) is 5.92 Å². The Kier molecular flexibility index (Phi) is 3.34. The average molecular weight is 323 g/mol. The molecule has 1 atom stereocenters. The van der Waals surface area contributed by atoms with Crippen LogP contribution in [0.4, 0.5) is 0 Å². The second-order valence-electron chi connectivity index (χ2n) is 3.81. The monoisotopic (exact) mass is 322 g/mol. The molecule has 0 bridgehead atoms. The number of rotatable bonds is 2. The minimum absolute atomic E-state index is 0.321. The Labute approximate surface area is 103 Å². The van der Waals surface area contributed by atoms with Gasteiger partial charge in [0.05, 0.1) is 11.1 Å². The van der Waals surface area contributed by atoms with Crippen LogP contribution in [0.1, 0.15) is 30.9 Å². The zero-order valence-electron chi connectivity index (χ0n) is 7.71. The lowest BCUT2D eigenvalue weighted by Gasteiger charge is -2.30. The topological polar surface area (TPSA) is 20.2 Å². The van der Waals surface area contributed by atoms with Crippen molar-refractivity contribution in [1.29, 1.82) is 0 Å². The van der Waals surface area contributed by atoms with E-state index in [4.69, 9.17) is 11.6 Å². The third-order valence-corrected chi connectivity index (χ3v) is 4.45. The third kappa shape index (κ3) is 2.07. The summed E-state index contributed by atoms with van der Waals surface area (Å²) >= 11 is 8.20. The molecule has 0 heterocycles. The number of aliphatic hydroxyl groups excluding tert-OH is 1. The molecule has 76 valence electrons. The second kappa shape index (κ2) is 4.37. The van der Waals surface area contributed by atoms with Gasteiger partial charge in [-0.25, -0.2) is 0 Å². The minimum atomic E-state index is -0.321. The third-order valence-electron chi connectivity index (χ3n) is 2.88. The molecular formula is C11H12ClIO. The Balaban J connectivity index is 2.18. The molecule has 0 amide bonds. The fourth-order valence-corrected chi connectivity index (χ4v) is 2.25. The van der Waals surface area contributed by atoms with Gasteiger partial charge in [0, 0.05) is 3.57 Å². The Morgan fingerprint density at radius 3 is 2.64 bits per heavy atom. The molecule has 2 rings (SSSR count). The van der Waals surface area contributed by atoms with Gasteiger partial charge in [-0.15, -0.1) is 0 Å². The lowest BCUT2D eigenvalue weighted by Crippen LogP contribution is -2.19. The summed E-state index contributed by atoms with van der Waals surface area (Å²) in [5, 5.41) is 10.7. The van der Waals surface area contributed by atoms with Gasteiger partial charge in [0.25, 0.3) is 0 Å². The van der Waals surface area contributed by atoms with Crippen LogP contribution in [0.3, 0.4) is 0 Å². The number of hydrogen-bond acceptors (Lipinski definition) is 1. The van der Waals surface area contributed by atoms with Crippen molar-refractivity contribution < 1.29 is 5.11 Å². The first-order valence-corrected chi connectivity index (χ1v) is 6.27. The number of aliphatic hydroxyl groups is 1. The first-order chi connectivity index (χ1) is 6.68. The van der Waals surface area contributed by atoms with Crippen molar-refractivity contribution in [2.75, 3.05) is 0 Å². The molecule has 1 saturated carbocycles. The van der Waals surface area contributed by atoms with Crippen molar-refractivity contribution in [3.8, 4) is 0 Å². The summed E-state index contributed by atoms with van der Waals surface area (Å²) in [6, 6.07) is 5.81. The largest absolute Gasteiger partial charge is 0.388 e. The van der Waals surface area contributed by atoms with Crippen LogP contribution in [0.5, 0.6) is 0 Å². The Bertz CT molecular complexity index is 336. The highest BCUT2D eigenvalue weighted by Crippen LogP contribution is 2.38. The van der Waals surface area contributed by atoms with Gasteiger partial charge in [-0.3, -0.25) is 0 Å². The molecule has 0 radical (unpaired) electrons. The van der Waals surface area contributed by atoms with Crippen LogP contribution < -0.4 is 0 Å². The van der Waals surface area contributed by atoms with Gasteiger partial charge in [-0.1, -0.05) is 24.1 Å². The van der Waals surface area contributed by atoms with Gasteiger partial charge in [-0.2, -0.15) is 0 Å². The maximum absolute atomic E-state index is 9.99. The van der Waals surface area contributed by atoms with Gasteiger partial charge in [0.15, 0.2) is 0 Å². The van der Waals surface area contributed by atoms with Crippen LogP contribution in [-0.4, -0.2) is 5.11 Å². The number of benzene rings is 1. The van der Waals surface area contributed by atoms with E-state index in [9.17, 15) is 5.11 Å². The summed E-state index contributed by atoms with van der Waals surface area (Å²) in [6.07, 6.45) is 3.22. The van der Waals surface area contributed by atoms with E-state index in [-0.39, 0.29) is 6.10 Å². The molecule has 1 N–H and O–H groups in total. The Hall–Kier alpha value is 0.200. The molecule has 3 heteroatoms. The first-order valence-electron chi connectivity index (χ1n) is 4.81. The van der Waals surface area contributed by atoms with Gasteiger partial charge in [0.1, 0.15) is 0 Å². The van der Waals surface area contributed by atoms with Crippen LogP contribution in [0, 0.1) is 9.49 Å². The first kappa shape index (κ1) is 10.7. The van der Waals surface area contributed by atoms with Gasteiger partial charge in [0.2, 0.25) is 0 Å². The average Bonchev–Trinajstić information content (AvgIpc) is 2.06. The molecular weight excluding hydrogens is 310 g/mol. The summed E-state index contributed by atoms with van der Waals surface area (Å²) in [7, 11) is 0. The highest BCUT2D eigenvalue weighted by molar-refractivity contribution is 14.1. The second-order valence-corrected chi connectivity index (χ2v) is 5.38. The zero-order valence-corrected chi connectivity index (χ0v) is 10.6. The summed E-state index contributed by atoms with van der Waals surface area (Å²) in [5.41, 5.74) is 0.958. The van der Waals surface area contributed by atoms with E-state index < -0.39 is 0 Å².